The molecule has 8 nitrogen and oxygen atoms in total. The van der Waals surface area contributed by atoms with Crippen molar-refractivity contribution < 1.29 is 9.53 Å². The van der Waals surface area contributed by atoms with E-state index in [9.17, 15) is 4.79 Å². The van der Waals surface area contributed by atoms with Crippen molar-refractivity contribution in [1.29, 1.82) is 0 Å². The van der Waals surface area contributed by atoms with Gasteiger partial charge in [-0.25, -0.2) is 19.7 Å². The van der Waals surface area contributed by atoms with Gasteiger partial charge in [-0.2, -0.15) is 0 Å². The van der Waals surface area contributed by atoms with Crippen LogP contribution in [0.25, 0.3) is 16.6 Å². The molecule has 3 aromatic heterocycles. The number of anilines is 1. The molecule has 0 spiro atoms. The van der Waals surface area contributed by atoms with E-state index in [0.717, 1.165) is 41.8 Å². The number of fused-ring (bicyclic) bond motifs is 2. The lowest BCUT2D eigenvalue weighted by Gasteiger charge is -2.37. The van der Waals surface area contributed by atoms with Crippen molar-refractivity contribution in [2.45, 2.75) is 58.7 Å². The summed E-state index contributed by atoms with van der Waals surface area (Å²) in [6.07, 6.45) is 8.90. The highest BCUT2D eigenvalue weighted by molar-refractivity contribution is 5.90. The molecule has 0 radical (unpaired) electrons. The third-order valence-corrected chi connectivity index (χ3v) is 6.30. The normalized spacial score (nSPS) is 18.8. The number of H-pyrrole nitrogens is 1. The molecule has 0 fully saturated rings. The van der Waals surface area contributed by atoms with Crippen LogP contribution >= 0.6 is 0 Å². The van der Waals surface area contributed by atoms with Crippen molar-refractivity contribution in [2.24, 2.45) is 0 Å². The molecule has 1 atom stereocenters. The first kappa shape index (κ1) is 21.4. The van der Waals surface area contributed by atoms with Crippen molar-refractivity contribution in [3.63, 3.8) is 0 Å². The van der Waals surface area contributed by atoms with Crippen LogP contribution in [0.15, 0.2) is 36.9 Å². The van der Waals surface area contributed by atoms with Crippen LogP contribution in [-0.2, 0) is 17.7 Å². The lowest BCUT2D eigenvalue weighted by atomic mass is 9.93. The number of aromatic nitrogens is 4. The number of pyridine rings is 1. The third kappa shape index (κ3) is 4.17. The van der Waals surface area contributed by atoms with Gasteiger partial charge in [0.2, 0.25) is 0 Å². The summed E-state index contributed by atoms with van der Waals surface area (Å²) in [5.74, 6) is 0. The van der Waals surface area contributed by atoms with Crippen molar-refractivity contribution in [2.75, 3.05) is 18.0 Å². The molecule has 0 bridgehead atoms. The highest BCUT2D eigenvalue weighted by Gasteiger charge is 2.30. The lowest BCUT2D eigenvalue weighted by molar-refractivity contribution is 0.0270. The molecule has 0 saturated heterocycles. The topological polar surface area (TPSA) is 87.2 Å². The predicted molar refractivity (Wildman–Crippen MR) is 128 cm³/mol. The summed E-state index contributed by atoms with van der Waals surface area (Å²) < 4.78 is 5.53. The van der Waals surface area contributed by atoms with Gasteiger partial charge in [0, 0.05) is 61.1 Å². The molecule has 0 unspecified atom stereocenters. The predicted octanol–water partition coefficient (Wildman–Crippen LogP) is 4.33. The van der Waals surface area contributed by atoms with Crippen molar-refractivity contribution in [3.05, 3.63) is 53.9 Å². The molecule has 172 valence electrons. The van der Waals surface area contributed by atoms with Crippen LogP contribution in [0.3, 0.4) is 0 Å². The Morgan fingerprint density at radius 3 is 2.82 bits per heavy atom. The lowest BCUT2D eigenvalue weighted by Crippen LogP contribution is -2.40. The highest BCUT2D eigenvalue weighted by atomic mass is 16.6. The van der Waals surface area contributed by atoms with Crippen LogP contribution in [0, 0.1) is 0 Å². The van der Waals surface area contributed by atoms with Gasteiger partial charge in [0.05, 0.1) is 11.4 Å². The van der Waals surface area contributed by atoms with Crippen LogP contribution in [0.2, 0.25) is 0 Å². The fourth-order valence-electron chi connectivity index (χ4n) is 4.68. The summed E-state index contributed by atoms with van der Waals surface area (Å²) in [7, 11) is 0. The molecule has 0 saturated carbocycles. The summed E-state index contributed by atoms with van der Waals surface area (Å²) in [5, 5.41) is 1.12. The van der Waals surface area contributed by atoms with Crippen LogP contribution < -0.4 is 4.90 Å². The zero-order valence-electron chi connectivity index (χ0n) is 19.6. The molecule has 2 aliphatic rings. The van der Waals surface area contributed by atoms with Crippen molar-refractivity contribution in [3.8, 4) is 0 Å². The Labute approximate surface area is 193 Å². The van der Waals surface area contributed by atoms with Crippen molar-refractivity contribution in [1.82, 2.24) is 24.8 Å². The second kappa shape index (κ2) is 8.17. The van der Waals surface area contributed by atoms with E-state index in [2.05, 4.69) is 45.0 Å². The molecular formula is C25H30N6O2. The van der Waals surface area contributed by atoms with E-state index in [4.69, 9.17) is 9.72 Å². The minimum Gasteiger partial charge on any atom is -0.444 e. The number of hydrogen-bond acceptors (Lipinski definition) is 6. The Bertz CT molecular complexity index is 1230. The maximum Gasteiger partial charge on any atom is 0.410 e. The number of aromatic amines is 1. The van der Waals surface area contributed by atoms with Crippen LogP contribution in [0.1, 0.15) is 51.1 Å². The smallest absolute Gasteiger partial charge is 0.410 e. The largest absolute Gasteiger partial charge is 0.444 e. The second-order valence-corrected chi connectivity index (χ2v) is 9.80. The van der Waals surface area contributed by atoms with Gasteiger partial charge in [-0.05, 0) is 51.8 Å². The van der Waals surface area contributed by atoms with E-state index in [0.29, 0.717) is 19.1 Å². The minimum atomic E-state index is -0.495. The summed E-state index contributed by atoms with van der Waals surface area (Å²) in [6.45, 7) is 9.79. The molecule has 33 heavy (non-hydrogen) atoms. The maximum absolute atomic E-state index is 12.4. The summed E-state index contributed by atoms with van der Waals surface area (Å²) in [4.78, 5) is 33.6. The molecule has 2 aliphatic heterocycles. The average Bonchev–Trinajstić information content (AvgIpc) is 3.26. The zero-order valence-corrected chi connectivity index (χ0v) is 19.6. The Morgan fingerprint density at radius 2 is 2.06 bits per heavy atom. The molecule has 0 aromatic carbocycles. The van der Waals surface area contributed by atoms with E-state index >= 15 is 0 Å². The quantitative estimate of drug-likeness (QED) is 0.631. The van der Waals surface area contributed by atoms with E-state index < -0.39 is 5.60 Å². The SMILES string of the molecule is C[C@@H]1Cc2ncnc(C3=CCN(C(=O)OC(C)(C)C)CC3)c2CN1c1ccnc2[nH]ccc12. The Hall–Kier alpha value is -3.42. The Balaban J connectivity index is 1.42. The standard InChI is InChI=1S/C25H30N6O2/c1-16-13-20-19(14-31(16)21-6-10-27-23-18(21)5-9-26-23)22(29-15-28-20)17-7-11-30(12-8-17)24(32)33-25(2,3)4/h5-7,9-10,15-16H,8,11-14H2,1-4H3,(H,26,27)/t16-/m1/s1. The molecule has 0 aliphatic carbocycles. The zero-order chi connectivity index (χ0) is 23.2. The van der Waals surface area contributed by atoms with Gasteiger partial charge in [-0.15, -0.1) is 0 Å². The highest BCUT2D eigenvalue weighted by Crippen LogP contribution is 2.35. The summed E-state index contributed by atoms with van der Waals surface area (Å²) in [6, 6.07) is 4.47. The third-order valence-electron chi connectivity index (χ3n) is 6.30. The minimum absolute atomic E-state index is 0.268. The van der Waals surface area contributed by atoms with Gasteiger partial charge in [-0.3, -0.25) is 0 Å². The molecular weight excluding hydrogens is 416 g/mol. The van der Waals surface area contributed by atoms with Gasteiger partial charge >= 0.3 is 6.09 Å². The van der Waals surface area contributed by atoms with Gasteiger partial charge in [-0.1, -0.05) is 6.08 Å². The van der Waals surface area contributed by atoms with Crippen molar-refractivity contribution >= 4 is 28.4 Å². The van der Waals surface area contributed by atoms with Crippen LogP contribution in [0.5, 0.6) is 0 Å². The fraction of sp³-hybridized carbons (Fsp3) is 0.440. The van der Waals surface area contributed by atoms with Crippen LogP contribution in [0.4, 0.5) is 10.5 Å². The van der Waals surface area contributed by atoms with E-state index in [1.807, 2.05) is 33.2 Å². The Kier molecular flexibility index (Phi) is 5.31. The van der Waals surface area contributed by atoms with E-state index in [-0.39, 0.29) is 6.09 Å². The number of amides is 1. The number of carbonyl (C=O) groups is 1. The number of rotatable bonds is 2. The molecule has 5 heterocycles. The van der Waals surface area contributed by atoms with Gasteiger partial charge < -0.3 is 19.5 Å². The summed E-state index contributed by atoms with van der Waals surface area (Å²) >= 11 is 0. The Morgan fingerprint density at radius 1 is 1.21 bits per heavy atom. The first-order chi connectivity index (χ1) is 15.8. The number of nitrogens with zero attached hydrogens (tertiary/aromatic N) is 5. The molecule has 1 N–H and O–H groups in total. The number of hydrogen-bond donors (Lipinski definition) is 1. The van der Waals surface area contributed by atoms with Crippen LogP contribution in [-0.4, -0.2) is 55.7 Å². The molecule has 3 aromatic rings. The number of nitrogens with one attached hydrogen (secondary N) is 1. The van der Waals surface area contributed by atoms with Gasteiger partial charge in [0.15, 0.2) is 0 Å². The number of ether oxygens (including phenoxy) is 1. The van der Waals surface area contributed by atoms with E-state index in [1.165, 1.54) is 16.8 Å². The fourth-order valence-corrected chi connectivity index (χ4v) is 4.68. The molecule has 1 amide bonds. The van der Waals surface area contributed by atoms with Gasteiger partial charge in [0.25, 0.3) is 0 Å². The summed E-state index contributed by atoms with van der Waals surface area (Å²) in [5.41, 5.74) is 6.02. The number of carbonyl (C=O) groups excluding carboxylic acids is 1. The second-order valence-electron chi connectivity index (χ2n) is 9.80. The first-order valence-electron chi connectivity index (χ1n) is 11.5. The molecule has 8 heteroatoms. The van der Waals surface area contributed by atoms with E-state index in [1.54, 1.807) is 11.2 Å². The monoisotopic (exact) mass is 446 g/mol. The van der Waals surface area contributed by atoms with Gasteiger partial charge in [0.1, 0.15) is 17.6 Å². The first-order valence-corrected chi connectivity index (χ1v) is 11.5. The average molecular weight is 447 g/mol. The maximum atomic E-state index is 12.4. The molecule has 5 rings (SSSR count).